The summed E-state index contributed by atoms with van der Waals surface area (Å²) in [6, 6.07) is 0. The second-order valence-corrected chi connectivity index (χ2v) is 4.89. The largest absolute Gasteiger partial charge is 0.508 e. The van der Waals surface area contributed by atoms with Crippen molar-refractivity contribution in [2.45, 2.75) is 25.9 Å². The van der Waals surface area contributed by atoms with Gasteiger partial charge >= 0.3 is 6.16 Å². The summed E-state index contributed by atoms with van der Waals surface area (Å²) in [6.07, 6.45) is -0.0371. The summed E-state index contributed by atoms with van der Waals surface area (Å²) in [5.74, 6) is -0.345. The minimum absolute atomic E-state index is 0.0325. The zero-order valence-electron chi connectivity index (χ0n) is 8.47. The normalized spacial score (nSPS) is 21.1. The van der Waals surface area contributed by atoms with Gasteiger partial charge in [-0.15, -0.1) is 0 Å². The monoisotopic (exact) mass is 238 g/mol. The highest BCUT2D eigenvalue weighted by molar-refractivity contribution is 7.86. The van der Waals surface area contributed by atoms with Gasteiger partial charge in [0, 0.05) is 0 Å². The van der Waals surface area contributed by atoms with E-state index in [9.17, 15) is 13.2 Å². The predicted molar refractivity (Wildman–Crippen MR) is 50.9 cm³/mol. The molecule has 0 radical (unpaired) electrons. The van der Waals surface area contributed by atoms with Gasteiger partial charge in [-0.05, 0) is 6.42 Å². The molecule has 1 atom stereocenters. The molecule has 0 bridgehead atoms. The molecule has 1 unspecified atom stereocenters. The first-order valence-electron chi connectivity index (χ1n) is 4.74. The number of ether oxygens (including phenoxy) is 2. The Balaban J connectivity index is 2.32. The van der Waals surface area contributed by atoms with Crippen LogP contribution in [0, 0.1) is 0 Å². The third-order valence-electron chi connectivity index (χ3n) is 1.80. The Bertz CT molecular complexity index is 309. The Morgan fingerprint density at radius 3 is 2.80 bits per heavy atom. The first-order chi connectivity index (χ1) is 7.03. The van der Waals surface area contributed by atoms with Crippen LogP contribution in [0.3, 0.4) is 0 Å². The van der Waals surface area contributed by atoms with Gasteiger partial charge in [0.1, 0.15) is 12.4 Å². The molecule has 15 heavy (non-hydrogen) atoms. The van der Waals surface area contributed by atoms with E-state index in [4.69, 9.17) is 4.18 Å². The molecule has 6 nitrogen and oxygen atoms in total. The van der Waals surface area contributed by atoms with Gasteiger partial charge in [0.25, 0.3) is 10.1 Å². The number of carbonyl (C=O) groups excluding carboxylic acids is 1. The van der Waals surface area contributed by atoms with Crippen molar-refractivity contribution in [2.75, 3.05) is 19.0 Å². The average Bonchev–Trinajstić information content (AvgIpc) is 2.50. The molecule has 1 fully saturated rings. The molecule has 0 spiro atoms. The van der Waals surface area contributed by atoms with Crippen molar-refractivity contribution in [3.63, 3.8) is 0 Å². The number of hydrogen-bond donors (Lipinski definition) is 0. The topological polar surface area (TPSA) is 78.9 Å². The van der Waals surface area contributed by atoms with Crippen LogP contribution in [0.25, 0.3) is 0 Å². The van der Waals surface area contributed by atoms with E-state index >= 15 is 0 Å². The van der Waals surface area contributed by atoms with Crippen molar-refractivity contribution in [3.8, 4) is 0 Å². The van der Waals surface area contributed by atoms with Crippen LogP contribution in [0.15, 0.2) is 0 Å². The first-order valence-corrected chi connectivity index (χ1v) is 6.32. The van der Waals surface area contributed by atoms with Gasteiger partial charge in [0.05, 0.1) is 6.61 Å². The van der Waals surface area contributed by atoms with Crippen LogP contribution in [0.4, 0.5) is 4.79 Å². The lowest BCUT2D eigenvalue weighted by molar-refractivity contribution is 0.121. The van der Waals surface area contributed by atoms with Crippen LogP contribution in [-0.2, 0) is 23.8 Å². The van der Waals surface area contributed by atoms with E-state index in [1.165, 1.54) is 0 Å². The maximum Gasteiger partial charge on any atom is 0.508 e. The van der Waals surface area contributed by atoms with Crippen LogP contribution < -0.4 is 0 Å². The van der Waals surface area contributed by atoms with Gasteiger partial charge in [-0.2, -0.15) is 8.42 Å². The minimum atomic E-state index is -3.62. The first kappa shape index (κ1) is 12.3. The molecule has 0 aromatic rings. The van der Waals surface area contributed by atoms with Gasteiger partial charge in [0.2, 0.25) is 0 Å². The molecule has 1 aliphatic heterocycles. The standard InChI is InChI=1S/C8H14O6S/c1-2-3-4-13-15(10,11)6-7-5-12-8(9)14-7/h7H,2-6H2,1H3. The highest BCUT2D eigenvalue weighted by atomic mass is 32.2. The molecular weight excluding hydrogens is 224 g/mol. The van der Waals surface area contributed by atoms with Crippen molar-refractivity contribution in [1.29, 1.82) is 0 Å². The highest BCUT2D eigenvalue weighted by Crippen LogP contribution is 2.10. The molecule has 1 saturated heterocycles. The lowest BCUT2D eigenvalue weighted by Gasteiger charge is -2.07. The summed E-state index contributed by atoms with van der Waals surface area (Å²) >= 11 is 0. The van der Waals surface area contributed by atoms with Gasteiger partial charge in [-0.1, -0.05) is 13.3 Å². The Kier molecular flexibility index (Phi) is 4.34. The lowest BCUT2D eigenvalue weighted by Crippen LogP contribution is -2.24. The van der Waals surface area contributed by atoms with E-state index in [-0.39, 0.29) is 19.0 Å². The third kappa shape index (κ3) is 4.48. The smallest absolute Gasteiger partial charge is 0.430 e. The maximum absolute atomic E-state index is 11.3. The van der Waals surface area contributed by atoms with E-state index in [0.717, 1.165) is 6.42 Å². The van der Waals surface area contributed by atoms with Gasteiger partial charge in [-0.3, -0.25) is 4.18 Å². The van der Waals surface area contributed by atoms with Crippen molar-refractivity contribution in [1.82, 2.24) is 0 Å². The molecular formula is C8H14O6S. The van der Waals surface area contributed by atoms with E-state index < -0.39 is 22.4 Å². The molecule has 1 rings (SSSR count). The second kappa shape index (κ2) is 5.32. The molecule has 1 aliphatic rings. The van der Waals surface area contributed by atoms with E-state index in [1.54, 1.807) is 0 Å². The fourth-order valence-electron chi connectivity index (χ4n) is 1.05. The molecule has 0 saturated carbocycles. The Morgan fingerprint density at radius 1 is 1.53 bits per heavy atom. The summed E-state index contributed by atoms with van der Waals surface area (Å²) in [6.45, 7) is 2.07. The average molecular weight is 238 g/mol. The van der Waals surface area contributed by atoms with E-state index in [0.29, 0.717) is 6.42 Å². The summed E-state index contributed by atoms with van der Waals surface area (Å²) < 4.78 is 36.3. The summed E-state index contributed by atoms with van der Waals surface area (Å²) in [5, 5.41) is 0. The minimum Gasteiger partial charge on any atom is -0.430 e. The molecule has 0 aromatic heterocycles. The number of unbranched alkanes of at least 4 members (excludes halogenated alkanes) is 1. The van der Waals surface area contributed by atoms with E-state index in [1.807, 2.05) is 6.92 Å². The number of rotatable bonds is 6. The predicted octanol–water partition coefficient (Wildman–Crippen LogP) is 0.668. The zero-order valence-corrected chi connectivity index (χ0v) is 9.29. The number of carbonyl (C=O) groups is 1. The number of cyclic esters (lactones) is 2. The molecule has 0 aliphatic carbocycles. The summed E-state index contributed by atoms with van der Waals surface area (Å²) in [5.41, 5.74) is 0. The fourth-order valence-corrected chi connectivity index (χ4v) is 2.14. The molecule has 0 aromatic carbocycles. The summed E-state index contributed by atoms with van der Waals surface area (Å²) in [4.78, 5) is 10.5. The molecule has 88 valence electrons. The quantitative estimate of drug-likeness (QED) is 0.384. The van der Waals surface area contributed by atoms with Gasteiger partial charge < -0.3 is 9.47 Å². The van der Waals surface area contributed by atoms with Crippen LogP contribution in [0.2, 0.25) is 0 Å². The van der Waals surface area contributed by atoms with Crippen molar-refractivity contribution >= 4 is 16.3 Å². The maximum atomic E-state index is 11.3. The van der Waals surface area contributed by atoms with Crippen molar-refractivity contribution in [3.05, 3.63) is 0 Å². The Labute approximate surface area is 88.6 Å². The van der Waals surface area contributed by atoms with Crippen LogP contribution >= 0.6 is 0 Å². The lowest BCUT2D eigenvalue weighted by atomic mass is 10.4. The van der Waals surface area contributed by atoms with Crippen LogP contribution in [-0.4, -0.2) is 39.6 Å². The molecule has 1 heterocycles. The van der Waals surface area contributed by atoms with Gasteiger partial charge in [-0.25, -0.2) is 4.79 Å². The Morgan fingerprint density at radius 2 is 2.27 bits per heavy atom. The van der Waals surface area contributed by atoms with Crippen molar-refractivity contribution < 1.29 is 26.9 Å². The highest BCUT2D eigenvalue weighted by Gasteiger charge is 2.30. The van der Waals surface area contributed by atoms with Crippen molar-refractivity contribution in [2.24, 2.45) is 0 Å². The molecule has 0 amide bonds. The molecule has 7 heteroatoms. The van der Waals surface area contributed by atoms with Gasteiger partial charge in [0.15, 0.2) is 6.10 Å². The fraction of sp³-hybridized carbons (Fsp3) is 0.875. The third-order valence-corrected chi connectivity index (χ3v) is 3.11. The zero-order chi connectivity index (χ0) is 11.3. The van der Waals surface area contributed by atoms with Crippen LogP contribution in [0.1, 0.15) is 19.8 Å². The molecule has 0 N–H and O–H groups in total. The second-order valence-electron chi connectivity index (χ2n) is 3.20. The SMILES string of the molecule is CCCCOS(=O)(=O)CC1COC(=O)O1. The van der Waals surface area contributed by atoms with E-state index in [2.05, 4.69) is 9.47 Å². The Hall–Kier alpha value is -0.820. The van der Waals surface area contributed by atoms with Crippen LogP contribution in [0.5, 0.6) is 0 Å². The number of hydrogen-bond acceptors (Lipinski definition) is 6. The summed E-state index contributed by atoms with van der Waals surface area (Å²) in [7, 11) is -3.62.